The summed E-state index contributed by atoms with van der Waals surface area (Å²) in [5, 5.41) is 18.0. The Balaban J connectivity index is 1.34. The van der Waals surface area contributed by atoms with Crippen LogP contribution in [0.3, 0.4) is 0 Å². The third-order valence-corrected chi connectivity index (χ3v) is 5.24. The van der Waals surface area contributed by atoms with Crippen LogP contribution in [0.1, 0.15) is 22.5 Å². The molecule has 2 unspecified atom stereocenters. The molecule has 1 saturated heterocycles. The molecular weight excluding hydrogens is 462 g/mol. The van der Waals surface area contributed by atoms with E-state index in [1.54, 1.807) is 24.3 Å². The van der Waals surface area contributed by atoms with Crippen molar-refractivity contribution in [3.8, 4) is 0 Å². The van der Waals surface area contributed by atoms with Crippen LogP contribution in [-0.2, 0) is 21.3 Å². The third kappa shape index (κ3) is 5.67. The van der Waals surface area contributed by atoms with Gasteiger partial charge in [0, 0.05) is 30.8 Å². The average molecular weight is 485 g/mol. The summed E-state index contributed by atoms with van der Waals surface area (Å²) in [5.74, 6) is -0.653. The summed E-state index contributed by atoms with van der Waals surface area (Å²) in [6, 6.07) is 6.02. The van der Waals surface area contributed by atoms with Gasteiger partial charge in [-0.3, -0.25) is 19.4 Å². The fourth-order valence-electron chi connectivity index (χ4n) is 3.49. The lowest BCUT2D eigenvalue weighted by atomic mass is 10.2. The van der Waals surface area contributed by atoms with Crippen LogP contribution in [0.2, 0.25) is 0 Å². The molecule has 35 heavy (non-hydrogen) atoms. The predicted octanol–water partition coefficient (Wildman–Crippen LogP) is -1.06. The molecule has 0 aliphatic carbocycles. The summed E-state index contributed by atoms with van der Waals surface area (Å²) in [7, 11) is 0. The zero-order valence-corrected chi connectivity index (χ0v) is 18.3. The summed E-state index contributed by atoms with van der Waals surface area (Å²) in [4.78, 5) is 57.1. The standard InChI is InChI=1S/C20H23N9O6/c21-5-6-29-13(19(29)32)7-14(34-35-33)26-17(30)10-1-3-11(4-2-10)23-8-12-9-24-16-15(25-12)18(31)28-20(22)27-16/h1-4,9,13-14,23,33H,5-8,21H2,(H,26,30)(H3,22,24,27,28,31). The molecule has 3 heterocycles. The Bertz CT molecular complexity index is 1280. The number of nitrogen functional groups attached to an aromatic ring is 1. The highest BCUT2D eigenvalue weighted by molar-refractivity contribution is 5.97. The molecule has 3 aromatic rings. The number of anilines is 2. The molecule has 15 nitrogen and oxygen atoms in total. The van der Waals surface area contributed by atoms with Gasteiger partial charge in [0.1, 0.15) is 6.04 Å². The van der Waals surface area contributed by atoms with E-state index in [0.717, 1.165) is 0 Å². The molecule has 184 valence electrons. The van der Waals surface area contributed by atoms with Crippen molar-refractivity contribution in [1.82, 2.24) is 30.2 Å². The normalized spacial score (nSPS) is 15.8. The quantitative estimate of drug-likeness (QED) is 0.0827. The van der Waals surface area contributed by atoms with Crippen LogP contribution in [0.4, 0.5) is 11.6 Å². The minimum absolute atomic E-state index is 0.0387. The maximum atomic E-state index is 12.6. The molecule has 1 aliphatic rings. The van der Waals surface area contributed by atoms with Crippen molar-refractivity contribution in [3.63, 3.8) is 0 Å². The van der Waals surface area contributed by atoms with Crippen molar-refractivity contribution < 1.29 is 24.8 Å². The highest BCUT2D eigenvalue weighted by Gasteiger charge is 2.46. The zero-order valence-electron chi connectivity index (χ0n) is 18.3. The number of nitrogens with two attached hydrogens (primary N) is 2. The first-order valence-corrected chi connectivity index (χ1v) is 10.5. The summed E-state index contributed by atoms with van der Waals surface area (Å²) in [6.07, 6.45) is 0.510. The molecule has 0 bridgehead atoms. The predicted molar refractivity (Wildman–Crippen MR) is 121 cm³/mol. The van der Waals surface area contributed by atoms with E-state index in [-0.39, 0.29) is 36.0 Å². The van der Waals surface area contributed by atoms with Crippen LogP contribution >= 0.6 is 0 Å². The molecule has 4 rings (SSSR count). The fourth-order valence-corrected chi connectivity index (χ4v) is 3.49. The number of hydrogen-bond acceptors (Lipinski definition) is 12. The Kier molecular flexibility index (Phi) is 7.11. The number of aromatic amines is 1. The topological polar surface area (TPSA) is 223 Å². The van der Waals surface area contributed by atoms with E-state index in [0.29, 0.717) is 30.0 Å². The van der Waals surface area contributed by atoms with E-state index in [4.69, 9.17) is 16.7 Å². The molecule has 8 N–H and O–H groups in total. The number of H-pyrrole nitrogens is 1. The van der Waals surface area contributed by atoms with E-state index in [9.17, 15) is 14.4 Å². The second kappa shape index (κ2) is 10.4. The number of carbonyl (C=O) groups is 2. The molecule has 1 aliphatic heterocycles. The lowest BCUT2D eigenvalue weighted by Crippen LogP contribution is -2.38. The minimum Gasteiger partial charge on any atom is -0.379 e. The number of nitrogens with one attached hydrogen (secondary N) is 3. The van der Waals surface area contributed by atoms with Crippen LogP contribution in [-0.4, -0.2) is 67.3 Å². The van der Waals surface area contributed by atoms with Crippen molar-refractivity contribution in [2.45, 2.75) is 25.2 Å². The van der Waals surface area contributed by atoms with E-state index < -0.39 is 23.7 Å². The highest BCUT2D eigenvalue weighted by Crippen LogP contribution is 2.24. The molecule has 1 fully saturated rings. The summed E-state index contributed by atoms with van der Waals surface area (Å²) in [5.41, 5.74) is 12.2. The molecule has 0 spiro atoms. The van der Waals surface area contributed by atoms with Crippen LogP contribution in [0.5, 0.6) is 0 Å². The van der Waals surface area contributed by atoms with Crippen LogP contribution in [0.25, 0.3) is 11.2 Å². The van der Waals surface area contributed by atoms with Crippen molar-refractivity contribution in [2.75, 3.05) is 24.1 Å². The Morgan fingerprint density at radius 1 is 1.26 bits per heavy atom. The summed E-state index contributed by atoms with van der Waals surface area (Å²) < 4.78 is 0. The molecule has 2 atom stereocenters. The number of fused-ring (bicyclic) bond motifs is 1. The summed E-state index contributed by atoms with van der Waals surface area (Å²) >= 11 is 0. The molecule has 15 heteroatoms. The number of amides is 2. The number of aromatic nitrogens is 4. The van der Waals surface area contributed by atoms with Crippen molar-refractivity contribution in [3.05, 3.63) is 52.1 Å². The lowest BCUT2D eigenvalue weighted by Gasteiger charge is -2.16. The first kappa shape index (κ1) is 24.0. The largest absolute Gasteiger partial charge is 0.379 e. The number of nitrogens with zero attached hydrogens (tertiary/aromatic N) is 4. The second-order valence-corrected chi connectivity index (χ2v) is 7.62. The van der Waals surface area contributed by atoms with Gasteiger partial charge in [0.05, 0.1) is 18.4 Å². The van der Waals surface area contributed by atoms with Crippen LogP contribution in [0, 0.1) is 0 Å². The van der Waals surface area contributed by atoms with Crippen molar-refractivity contribution >= 4 is 34.6 Å². The minimum atomic E-state index is -1.05. The molecule has 0 saturated carbocycles. The second-order valence-electron chi connectivity index (χ2n) is 7.62. The van der Waals surface area contributed by atoms with Gasteiger partial charge in [0.25, 0.3) is 11.5 Å². The Labute approximate surface area is 197 Å². The lowest BCUT2D eigenvalue weighted by molar-refractivity contribution is -0.508. The van der Waals surface area contributed by atoms with Gasteiger partial charge >= 0.3 is 0 Å². The van der Waals surface area contributed by atoms with Gasteiger partial charge in [-0.2, -0.15) is 9.87 Å². The van der Waals surface area contributed by atoms with E-state index in [1.807, 2.05) is 0 Å². The van der Waals surface area contributed by atoms with E-state index in [2.05, 4.69) is 40.5 Å². The van der Waals surface area contributed by atoms with Crippen molar-refractivity contribution in [2.24, 2.45) is 5.73 Å². The zero-order chi connectivity index (χ0) is 24.9. The first-order chi connectivity index (χ1) is 16.9. The van der Waals surface area contributed by atoms with E-state index >= 15 is 0 Å². The Morgan fingerprint density at radius 2 is 2.03 bits per heavy atom. The molecule has 0 radical (unpaired) electrons. The monoisotopic (exact) mass is 485 g/mol. The molecule has 2 aromatic heterocycles. The third-order valence-electron chi connectivity index (χ3n) is 5.24. The van der Waals surface area contributed by atoms with Gasteiger partial charge in [-0.05, 0) is 24.3 Å². The van der Waals surface area contributed by atoms with Gasteiger partial charge in [0.15, 0.2) is 17.4 Å². The number of rotatable bonds is 11. The first-order valence-electron chi connectivity index (χ1n) is 10.5. The average Bonchev–Trinajstić information content (AvgIpc) is 3.44. The number of carbonyl (C=O) groups excluding carboxylic acids is 2. The molecule has 2 amide bonds. The smallest absolute Gasteiger partial charge is 0.280 e. The SMILES string of the molecule is NCCN1C(=O)C1CC(NC(=O)c1ccc(NCc2cnc3nc(N)[nH]c(=O)c3n2)cc1)OOO. The van der Waals surface area contributed by atoms with E-state index in [1.165, 1.54) is 11.1 Å². The number of hydrogen-bond donors (Lipinski definition) is 6. The number of benzene rings is 1. The van der Waals surface area contributed by atoms with Gasteiger partial charge < -0.3 is 27.0 Å². The maximum absolute atomic E-state index is 12.6. The molecular formula is C20H23N9O6. The highest BCUT2D eigenvalue weighted by atomic mass is 17.5. The van der Waals surface area contributed by atoms with Gasteiger partial charge in [-0.1, -0.05) is 5.04 Å². The Hall–Kier alpha value is -4.18. The van der Waals surface area contributed by atoms with Gasteiger partial charge in [-0.25, -0.2) is 15.2 Å². The van der Waals surface area contributed by atoms with Gasteiger partial charge in [-0.15, -0.1) is 0 Å². The van der Waals surface area contributed by atoms with Crippen LogP contribution in [0.15, 0.2) is 35.3 Å². The summed E-state index contributed by atoms with van der Waals surface area (Å²) in [6.45, 7) is 0.969. The van der Waals surface area contributed by atoms with Crippen LogP contribution < -0.4 is 27.7 Å². The fraction of sp³-hybridized carbons (Fsp3) is 0.300. The van der Waals surface area contributed by atoms with Crippen molar-refractivity contribution in [1.29, 1.82) is 0 Å². The van der Waals surface area contributed by atoms with Gasteiger partial charge in [0.2, 0.25) is 11.9 Å². The maximum Gasteiger partial charge on any atom is 0.280 e. The Morgan fingerprint density at radius 3 is 2.74 bits per heavy atom. The molecule has 1 aromatic carbocycles.